The number of rotatable bonds is 4. The summed E-state index contributed by atoms with van der Waals surface area (Å²) in [6.45, 7) is 4.08. The van der Waals surface area contributed by atoms with Crippen molar-refractivity contribution >= 4 is 11.9 Å². The topological polar surface area (TPSA) is 46.4 Å². The Labute approximate surface area is 112 Å². The number of nitrogens with zero attached hydrogens (tertiary/aromatic N) is 1. The van der Waals surface area contributed by atoms with Gasteiger partial charge in [-0.2, -0.15) is 0 Å². The monoisotopic (exact) mass is 259 g/mol. The van der Waals surface area contributed by atoms with Crippen LogP contribution in [0.3, 0.4) is 0 Å². The molecule has 2 rings (SSSR count). The van der Waals surface area contributed by atoms with Gasteiger partial charge in [-0.05, 0) is 26.0 Å². The zero-order chi connectivity index (χ0) is 13.8. The van der Waals surface area contributed by atoms with Crippen LogP contribution in [0.4, 0.5) is 0 Å². The number of hydrogen-bond donors (Lipinski definition) is 0. The predicted molar refractivity (Wildman–Crippen MR) is 71.6 cm³/mol. The van der Waals surface area contributed by atoms with Gasteiger partial charge in [-0.15, -0.1) is 0 Å². The first-order chi connectivity index (χ1) is 9.15. The van der Waals surface area contributed by atoms with Crippen molar-refractivity contribution in [3.8, 4) is 0 Å². The normalized spacial score (nSPS) is 21.5. The number of amides is 1. The van der Waals surface area contributed by atoms with Crippen LogP contribution in [0.25, 0.3) is 0 Å². The molecule has 0 aromatic heterocycles. The fourth-order valence-electron chi connectivity index (χ4n) is 2.04. The third-order valence-electron chi connectivity index (χ3n) is 3.14. The van der Waals surface area contributed by atoms with Crippen molar-refractivity contribution in [3.05, 3.63) is 48.0 Å². The van der Waals surface area contributed by atoms with Crippen LogP contribution in [0.1, 0.15) is 24.2 Å². The number of ether oxygens (including phenoxy) is 1. The molecule has 19 heavy (non-hydrogen) atoms. The molecule has 0 spiro atoms. The number of hydrogen-bond acceptors (Lipinski definition) is 3. The molecule has 0 N–H and O–H groups in total. The highest BCUT2D eigenvalue weighted by Crippen LogP contribution is 2.31. The van der Waals surface area contributed by atoms with E-state index in [2.05, 4.69) is 0 Å². The van der Waals surface area contributed by atoms with E-state index in [1.54, 1.807) is 30.0 Å². The summed E-state index contributed by atoms with van der Waals surface area (Å²) in [4.78, 5) is 25.1. The van der Waals surface area contributed by atoms with Gasteiger partial charge in [-0.25, -0.2) is 4.79 Å². The lowest BCUT2D eigenvalue weighted by Gasteiger charge is -2.02. The van der Waals surface area contributed by atoms with Gasteiger partial charge >= 0.3 is 5.97 Å². The van der Waals surface area contributed by atoms with E-state index in [0.717, 1.165) is 0 Å². The fourth-order valence-corrected chi connectivity index (χ4v) is 2.04. The van der Waals surface area contributed by atoms with Crippen LogP contribution in [0, 0.1) is 0 Å². The summed E-state index contributed by atoms with van der Waals surface area (Å²) >= 11 is 0. The Bertz CT molecular complexity index is 495. The van der Waals surface area contributed by atoms with Crippen molar-refractivity contribution in [1.82, 2.24) is 4.90 Å². The summed E-state index contributed by atoms with van der Waals surface area (Å²) in [6, 6.07) is 9.24. The highest BCUT2D eigenvalue weighted by Gasteiger charge is 2.45. The first kappa shape index (κ1) is 13.3. The number of benzene rings is 1. The lowest BCUT2D eigenvalue weighted by atomic mass is 10.2. The second kappa shape index (κ2) is 5.69. The second-order valence-corrected chi connectivity index (χ2v) is 4.42. The Balaban J connectivity index is 1.97. The lowest BCUT2D eigenvalue weighted by Crippen LogP contribution is -2.14. The first-order valence-corrected chi connectivity index (χ1v) is 6.37. The molecule has 100 valence electrons. The van der Waals surface area contributed by atoms with Crippen molar-refractivity contribution in [1.29, 1.82) is 0 Å². The summed E-state index contributed by atoms with van der Waals surface area (Å²) in [6.07, 6.45) is 3.12. The number of esters is 1. The van der Waals surface area contributed by atoms with Gasteiger partial charge in [0, 0.05) is 11.6 Å². The SMILES string of the molecule is CCOC(=O)/C=C/[C@H]1[C@@H](C)N1C(=O)c1ccccc1. The molecule has 2 atom stereocenters. The summed E-state index contributed by atoms with van der Waals surface area (Å²) in [7, 11) is 0. The van der Waals surface area contributed by atoms with Gasteiger partial charge in [0.1, 0.15) is 0 Å². The molecule has 0 saturated carbocycles. The van der Waals surface area contributed by atoms with E-state index in [-0.39, 0.29) is 24.0 Å². The Morgan fingerprint density at radius 2 is 2.00 bits per heavy atom. The number of carbonyl (C=O) groups excluding carboxylic acids is 2. The maximum atomic E-state index is 12.2. The molecule has 1 aromatic rings. The van der Waals surface area contributed by atoms with Crippen LogP contribution < -0.4 is 0 Å². The van der Waals surface area contributed by atoms with Gasteiger partial charge in [-0.3, -0.25) is 4.79 Å². The molecule has 4 heteroatoms. The molecule has 1 aromatic carbocycles. The first-order valence-electron chi connectivity index (χ1n) is 6.37. The van der Waals surface area contributed by atoms with Crippen molar-refractivity contribution in [2.75, 3.05) is 6.61 Å². The van der Waals surface area contributed by atoms with E-state index in [4.69, 9.17) is 4.74 Å². The average Bonchev–Trinajstić information content (AvgIpc) is 3.07. The summed E-state index contributed by atoms with van der Waals surface area (Å²) in [5.74, 6) is -0.375. The third kappa shape index (κ3) is 3.02. The van der Waals surface area contributed by atoms with Crippen LogP contribution in [0.15, 0.2) is 42.5 Å². The van der Waals surface area contributed by atoms with Gasteiger partial charge in [0.15, 0.2) is 0 Å². The van der Waals surface area contributed by atoms with Crippen LogP contribution >= 0.6 is 0 Å². The van der Waals surface area contributed by atoms with Crippen molar-refractivity contribution in [3.63, 3.8) is 0 Å². The summed E-state index contributed by atoms with van der Waals surface area (Å²) in [5, 5.41) is 0. The van der Waals surface area contributed by atoms with E-state index in [1.165, 1.54) is 6.08 Å². The van der Waals surface area contributed by atoms with Gasteiger partial charge in [0.2, 0.25) is 0 Å². The molecule has 4 nitrogen and oxygen atoms in total. The van der Waals surface area contributed by atoms with E-state index in [9.17, 15) is 9.59 Å². The minimum Gasteiger partial charge on any atom is -0.463 e. The van der Waals surface area contributed by atoms with Crippen LogP contribution in [0.2, 0.25) is 0 Å². The minimum absolute atomic E-state index is 0.00777. The fraction of sp³-hybridized carbons (Fsp3) is 0.333. The smallest absolute Gasteiger partial charge is 0.330 e. The average molecular weight is 259 g/mol. The van der Waals surface area contributed by atoms with Gasteiger partial charge in [0.25, 0.3) is 5.91 Å². The molecule has 1 aliphatic rings. The van der Waals surface area contributed by atoms with E-state index in [0.29, 0.717) is 12.2 Å². The zero-order valence-corrected chi connectivity index (χ0v) is 11.1. The summed E-state index contributed by atoms with van der Waals surface area (Å²) in [5.41, 5.74) is 0.668. The highest BCUT2D eigenvalue weighted by atomic mass is 16.5. The molecule has 0 bridgehead atoms. The quantitative estimate of drug-likeness (QED) is 0.472. The van der Waals surface area contributed by atoms with Gasteiger partial charge in [0.05, 0.1) is 18.7 Å². The van der Waals surface area contributed by atoms with Crippen molar-refractivity contribution in [2.24, 2.45) is 0 Å². The number of carbonyl (C=O) groups is 2. The van der Waals surface area contributed by atoms with Crippen molar-refractivity contribution < 1.29 is 14.3 Å². The van der Waals surface area contributed by atoms with Crippen LogP contribution in [-0.4, -0.2) is 35.5 Å². The maximum Gasteiger partial charge on any atom is 0.330 e. The van der Waals surface area contributed by atoms with Gasteiger partial charge in [-0.1, -0.05) is 24.3 Å². The predicted octanol–water partition coefficient (Wildman–Crippen LogP) is 2.02. The highest BCUT2D eigenvalue weighted by molar-refractivity contribution is 5.96. The molecule has 1 heterocycles. The van der Waals surface area contributed by atoms with Crippen molar-refractivity contribution in [2.45, 2.75) is 25.9 Å². The van der Waals surface area contributed by atoms with Gasteiger partial charge < -0.3 is 9.64 Å². The Morgan fingerprint density at radius 1 is 1.32 bits per heavy atom. The second-order valence-electron chi connectivity index (χ2n) is 4.42. The molecule has 0 aliphatic carbocycles. The Hall–Kier alpha value is -2.10. The molecule has 1 amide bonds. The maximum absolute atomic E-state index is 12.2. The Morgan fingerprint density at radius 3 is 2.63 bits per heavy atom. The molecule has 1 aliphatic heterocycles. The van der Waals surface area contributed by atoms with E-state index >= 15 is 0 Å². The standard InChI is InChI=1S/C15H17NO3/c1-3-19-14(17)10-9-13-11(2)16(13)15(18)12-7-5-4-6-8-12/h4-11,13H,3H2,1-2H3/b10-9+/t11-,13+,16?/m1/s1. The Kier molecular flexibility index (Phi) is 4.00. The van der Waals surface area contributed by atoms with E-state index < -0.39 is 0 Å². The molecular weight excluding hydrogens is 242 g/mol. The minimum atomic E-state index is -0.367. The van der Waals surface area contributed by atoms with Crippen LogP contribution in [0.5, 0.6) is 0 Å². The summed E-state index contributed by atoms with van der Waals surface area (Å²) < 4.78 is 4.81. The molecule has 1 saturated heterocycles. The molecule has 0 unspecified atom stereocenters. The van der Waals surface area contributed by atoms with Crippen LogP contribution in [-0.2, 0) is 9.53 Å². The molecule has 1 fully saturated rings. The zero-order valence-electron chi connectivity index (χ0n) is 11.1. The van der Waals surface area contributed by atoms with E-state index in [1.807, 2.05) is 25.1 Å². The lowest BCUT2D eigenvalue weighted by molar-refractivity contribution is -0.137. The largest absolute Gasteiger partial charge is 0.463 e. The third-order valence-corrected chi connectivity index (χ3v) is 3.14. The molecular formula is C15H17NO3. The molecule has 0 radical (unpaired) electrons.